The van der Waals surface area contributed by atoms with Gasteiger partial charge in [0.05, 0.1) is 26.9 Å². The van der Waals surface area contributed by atoms with Gasteiger partial charge in [-0.25, -0.2) is 0 Å². The molecule has 27 heavy (non-hydrogen) atoms. The van der Waals surface area contributed by atoms with E-state index < -0.39 is 0 Å². The average Bonchev–Trinajstić information content (AvgIpc) is 3.42. The number of carbonyl (C=O) groups is 2. The second kappa shape index (κ2) is 6.70. The maximum atomic E-state index is 13.5. The predicted molar refractivity (Wildman–Crippen MR) is 109 cm³/mol. The van der Waals surface area contributed by atoms with E-state index in [0.717, 1.165) is 35.0 Å². The van der Waals surface area contributed by atoms with Gasteiger partial charge < -0.3 is 10.3 Å². The molecule has 0 spiro atoms. The summed E-state index contributed by atoms with van der Waals surface area (Å²) in [6, 6.07) is 8.61. The molecule has 4 rings (SSSR count). The first-order chi connectivity index (χ1) is 12.9. The van der Waals surface area contributed by atoms with Gasteiger partial charge in [-0.2, -0.15) is 0 Å². The molecule has 1 aliphatic carbocycles. The third-order valence-corrected chi connectivity index (χ3v) is 5.72. The number of aromatic amines is 1. The standard InChI is InChI=1S/C21H18Cl2N2O2/c1-10-11(2)24-15-8-9-16(25-21(27)12-6-7-12)19(17(10)15)20(26)18-13(22)4-3-5-14(18)23/h3-5,8-9,12,24H,6-7H2,1-2H3,(H,25,27). The van der Waals surface area contributed by atoms with Crippen molar-refractivity contribution in [3.8, 4) is 0 Å². The monoisotopic (exact) mass is 400 g/mol. The van der Waals surface area contributed by atoms with Crippen molar-refractivity contribution in [3.05, 3.63) is 62.8 Å². The lowest BCUT2D eigenvalue weighted by atomic mass is 9.95. The number of H-pyrrole nitrogens is 1. The Balaban J connectivity index is 1.95. The van der Waals surface area contributed by atoms with Crippen LogP contribution in [0.1, 0.15) is 40.0 Å². The minimum Gasteiger partial charge on any atom is -0.358 e. The van der Waals surface area contributed by atoms with Crippen molar-refractivity contribution in [2.24, 2.45) is 5.92 Å². The SMILES string of the molecule is Cc1[nH]c2ccc(NC(=O)C3CC3)c(C(=O)c3c(Cl)cccc3Cl)c2c1C. The van der Waals surface area contributed by atoms with Gasteiger partial charge in [0.25, 0.3) is 0 Å². The van der Waals surface area contributed by atoms with Gasteiger partial charge in [-0.15, -0.1) is 0 Å². The first-order valence-electron chi connectivity index (χ1n) is 8.80. The first kappa shape index (κ1) is 18.1. The number of hydrogen-bond acceptors (Lipinski definition) is 2. The summed E-state index contributed by atoms with van der Waals surface area (Å²) in [4.78, 5) is 29.2. The van der Waals surface area contributed by atoms with E-state index in [1.165, 1.54) is 0 Å². The molecule has 1 saturated carbocycles. The third kappa shape index (κ3) is 3.13. The van der Waals surface area contributed by atoms with Crippen LogP contribution in [0.25, 0.3) is 10.9 Å². The van der Waals surface area contributed by atoms with Crippen molar-refractivity contribution in [2.45, 2.75) is 26.7 Å². The largest absolute Gasteiger partial charge is 0.358 e. The number of rotatable bonds is 4. The highest BCUT2D eigenvalue weighted by Crippen LogP contribution is 2.37. The fraction of sp³-hybridized carbons (Fsp3) is 0.238. The quantitative estimate of drug-likeness (QED) is 0.554. The highest BCUT2D eigenvalue weighted by Gasteiger charge is 2.31. The molecule has 1 aliphatic rings. The van der Waals surface area contributed by atoms with Crippen LogP contribution < -0.4 is 5.32 Å². The number of amides is 1. The molecule has 1 amide bonds. The van der Waals surface area contributed by atoms with Crippen molar-refractivity contribution in [2.75, 3.05) is 5.32 Å². The molecule has 0 saturated heterocycles. The van der Waals surface area contributed by atoms with Crippen molar-refractivity contribution in [3.63, 3.8) is 0 Å². The molecule has 0 aliphatic heterocycles. The normalized spacial score (nSPS) is 13.8. The Morgan fingerprint density at radius 1 is 1.04 bits per heavy atom. The van der Waals surface area contributed by atoms with E-state index in [9.17, 15) is 9.59 Å². The Morgan fingerprint density at radius 3 is 2.33 bits per heavy atom. The number of ketones is 1. The summed E-state index contributed by atoms with van der Waals surface area (Å²) in [5, 5.41) is 4.28. The number of nitrogens with one attached hydrogen (secondary N) is 2. The first-order valence-corrected chi connectivity index (χ1v) is 9.55. The second-order valence-electron chi connectivity index (χ2n) is 6.97. The molecule has 2 N–H and O–H groups in total. The number of fused-ring (bicyclic) bond motifs is 1. The Labute approximate surface area is 166 Å². The minimum atomic E-state index is -0.301. The van der Waals surface area contributed by atoms with Crippen LogP contribution in [0.4, 0.5) is 5.69 Å². The lowest BCUT2D eigenvalue weighted by Crippen LogP contribution is -2.17. The molecule has 0 radical (unpaired) electrons. The number of aromatic nitrogens is 1. The van der Waals surface area contributed by atoms with E-state index in [1.807, 2.05) is 19.9 Å². The molecule has 1 heterocycles. The molecule has 0 unspecified atom stereocenters. The molecule has 6 heteroatoms. The lowest BCUT2D eigenvalue weighted by Gasteiger charge is -2.14. The summed E-state index contributed by atoms with van der Waals surface area (Å²) >= 11 is 12.6. The highest BCUT2D eigenvalue weighted by molar-refractivity contribution is 6.42. The number of hydrogen-bond donors (Lipinski definition) is 2. The fourth-order valence-electron chi connectivity index (χ4n) is 3.34. The van der Waals surface area contributed by atoms with Crippen LogP contribution in [-0.2, 0) is 4.79 Å². The van der Waals surface area contributed by atoms with E-state index >= 15 is 0 Å². The number of halogens is 2. The van der Waals surface area contributed by atoms with Gasteiger partial charge in [0, 0.05) is 22.5 Å². The molecule has 0 atom stereocenters. The summed E-state index contributed by atoms with van der Waals surface area (Å²) < 4.78 is 0. The zero-order valence-electron chi connectivity index (χ0n) is 15.0. The van der Waals surface area contributed by atoms with Crippen LogP contribution in [0.3, 0.4) is 0 Å². The van der Waals surface area contributed by atoms with E-state index in [1.54, 1.807) is 24.3 Å². The maximum absolute atomic E-state index is 13.5. The summed E-state index contributed by atoms with van der Waals surface area (Å²) in [6.07, 6.45) is 1.77. The van der Waals surface area contributed by atoms with Crippen molar-refractivity contribution in [1.82, 2.24) is 4.98 Å². The van der Waals surface area contributed by atoms with Gasteiger partial charge in [0.2, 0.25) is 5.91 Å². The smallest absolute Gasteiger partial charge is 0.227 e. The molecule has 138 valence electrons. The zero-order valence-corrected chi connectivity index (χ0v) is 16.5. The molecule has 0 bridgehead atoms. The summed E-state index contributed by atoms with van der Waals surface area (Å²) in [6.45, 7) is 3.90. The Morgan fingerprint density at radius 2 is 1.70 bits per heavy atom. The van der Waals surface area contributed by atoms with Gasteiger partial charge in [-0.05, 0) is 56.5 Å². The molecular formula is C21H18Cl2N2O2. The molecule has 1 aromatic heterocycles. The number of benzene rings is 2. The molecule has 1 fully saturated rings. The zero-order chi connectivity index (χ0) is 19.3. The Kier molecular flexibility index (Phi) is 4.49. The van der Waals surface area contributed by atoms with Gasteiger partial charge >= 0.3 is 0 Å². The van der Waals surface area contributed by atoms with E-state index in [-0.39, 0.29) is 33.2 Å². The number of carbonyl (C=O) groups excluding carboxylic acids is 2. The van der Waals surface area contributed by atoms with Crippen LogP contribution in [0.2, 0.25) is 10.0 Å². The number of anilines is 1. The van der Waals surface area contributed by atoms with Crippen LogP contribution in [0.5, 0.6) is 0 Å². The van der Waals surface area contributed by atoms with Crippen LogP contribution in [0, 0.1) is 19.8 Å². The number of aryl methyl sites for hydroxylation is 2. The fourth-order valence-corrected chi connectivity index (χ4v) is 3.91. The Hall–Kier alpha value is -2.30. The summed E-state index contributed by atoms with van der Waals surface area (Å²) in [5.74, 6) is -0.329. The maximum Gasteiger partial charge on any atom is 0.227 e. The van der Waals surface area contributed by atoms with Crippen LogP contribution >= 0.6 is 23.2 Å². The van der Waals surface area contributed by atoms with E-state index in [0.29, 0.717) is 11.3 Å². The van der Waals surface area contributed by atoms with Crippen LogP contribution in [-0.4, -0.2) is 16.7 Å². The highest BCUT2D eigenvalue weighted by atomic mass is 35.5. The van der Waals surface area contributed by atoms with E-state index in [4.69, 9.17) is 23.2 Å². The van der Waals surface area contributed by atoms with Crippen molar-refractivity contribution < 1.29 is 9.59 Å². The molecule has 3 aromatic rings. The van der Waals surface area contributed by atoms with Gasteiger partial charge in [0.1, 0.15) is 0 Å². The van der Waals surface area contributed by atoms with E-state index in [2.05, 4.69) is 10.3 Å². The third-order valence-electron chi connectivity index (χ3n) is 5.09. The van der Waals surface area contributed by atoms with Gasteiger partial charge in [0.15, 0.2) is 5.78 Å². The minimum absolute atomic E-state index is 0.0293. The molecular weight excluding hydrogens is 383 g/mol. The lowest BCUT2D eigenvalue weighted by molar-refractivity contribution is -0.117. The Bertz CT molecular complexity index is 1080. The average molecular weight is 401 g/mol. The molecule has 2 aromatic carbocycles. The summed E-state index contributed by atoms with van der Waals surface area (Å²) in [5.41, 5.74) is 3.91. The van der Waals surface area contributed by atoms with Crippen molar-refractivity contribution in [1.29, 1.82) is 0 Å². The molecule has 4 nitrogen and oxygen atoms in total. The summed E-state index contributed by atoms with van der Waals surface area (Å²) in [7, 11) is 0. The predicted octanol–water partition coefficient (Wildman–Crippen LogP) is 5.67. The topological polar surface area (TPSA) is 62.0 Å². The van der Waals surface area contributed by atoms with Gasteiger partial charge in [-0.3, -0.25) is 9.59 Å². The van der Waals surface area contributed by atoms with Gasteiger partial charge in [-0.1, -0.05) is 29.3 Å². The van der Waals surface area contributed by atoms with Crippen LogP contribution in [0.15, 0.2) is 30.3 Å². The second-order valence-corrected chi connectivity index (χ2v) is 7.79. The van der Waals surface area contributed by atoms with Crippen molar-refractivity contribution >= 4 is 51.5 Å².